The number of nitrogens with one attached hydrogen (secondary N) is 2. The van der Waals surface area contributed by atoms with Gasteiger partial charge in [-0.05, 0) is 39.5 Å². The predicted molar refractivity (Wildman–Crippen MR) is 64.8 cm³/mol. The van der Waals surface area contributed by atoms with Crippen LogP contribution in [-0.2, 0) is 4.79 Å². The second kappa shape index (κ2) is 4.94. The summed E-state index contributed by atoms with van der Waals surface area (Å²) in [7, 11) is 0. The minimum atomic E-state index is -0.934. The molecule has 0 bridgehead atoms. The van der Waals surface area contributed by atoms with Gasteiger partial charge >= 0.3 is 12.0 Å². The van der Waals surface area contributed by atoms with E-state index in [1.165, 1.54) is 0 Å². The highest BCUT2D eigenvalue weighted by molar-refractivity contribution is 5.78. The van der Waals surface area contributed by atoms with E-state index in [-0.39, 0.29) is 18.1 Å². The number of carbonyl (C=O) groups excluding carboxylic acids is 1. The van der Waals surface area contributed by atoms with Gasteiger partial charge in [-0.25, -0.2) is 4.79 Å². The number of rotatable bonds is 5. The number of carboxylic acid groups (broad SMARTS) is 1. The summed E-state index contributed by atoms with van der Waals surface area (Å²) < 4.78 is 0. The van der Waals surface area contributed by atoms with Crippen LogP contribution in [-0.4, -0.2) is 29.2 Å². The molecule has 1 aliphatic carbocycles. The molecule has 0 saturated heterocycles. The SMILES string of the molecule is CCC1(NC(=O)NCC(C)(C)C(=O)O)CCC1. The van der Waals surface area contributed by atoms with Gasteiger partial charge in [-0.1, -0.05) is 6.92 Å². The maximum atomic E-state index is 11.7. The molecule has 5 nitrogen and oxygen atoms in total. The number of hydrogen-bond donors (Lipinski definition) is 3. The van der Waals surface area contributed by atoms with Gasteiger partial charge in [0, 0.05) is 12.1 Å². The van der Waals surface area contributed by atoms with E-state index < -0.39 is 11.4 Å². The molecule has 0 aromatic heterocycles. The standard InChI is InChI=1S/C12H22N2O3/c1-4-12(6-5-7-12)14-10(17)13-8-11(2,3)9(15)16/h4-8H2,1-3H3,(H,15,16)(H2,13,14,17). The van der Waals surface area contributed by atoms with E-state index >= 15 is 0 Å². The zero-order valence-corrected chi connectivity index (χ0v) is 10.8. The third kappa shape index (κ3) is 3.35. The van der Waals surface area contributed by atoms with E-state index in [1.807, 2.05) is 0 Å². The Morgan fingerprint density at radius 2 is 1.94 bits per heavy atom. The number of urea groups is 1. The van der Waals surface area contributed by atoms with E-state index in [1.54, 1.807) is 13.8 Å². The van der Waals surface area contributed by atoms with Crippen LogP contribution in [0.1, 0.15) is 46.5 Å². The summed E-state index contributed by atoms with van der Waals surface area (Å²) in [6.07, 6.45) is 4.09. The lowest BCUT2D eigenvalue weighted by atomic mass is 9.75. The number of carbonyl (C=O) groups is 2. The molecule has 3 N–H and O–H groups in total. The Balaban J connectivity index is 2.38. The molecular weight excluding hydrogens is 220 g/mol. The highest BCUT2D eigenvalue weighted by atomic mass is 16.4. The summed E-state index contributed by atoms with van der Waals surface area (Å²) in [6, 6.07) is -0.263. The molecule has 0 aromatic rings. The van der Waals surface area contributed by atoms with Crippen molar-refractivity contribution in [3.8, 4) is 0 Å². The molecular formula is C12H22N2O3. The zero-order chi connectivity index (χ0) is 13.1. The molecule has 0 radical (unpaired) electrons. The Bertz CT molecular complexity index is 303. The molecule has 1 aliphatic rings. The highest BCUT2D eigenvalue weighted by Gasteiger charge is 2.37. The molecule has 0 unspecified atom stereocenters. The minimum absolute atomic E-state index is 0.0581. The largest absolute Gasteiger partial charge is 0.481 e. The molecule has 5 heteroatoms. The van der Waals surface area contributed by atoms with Crippen LogP contribution in [0.3, 0.4) is 0 Å². The quantitative estimate of drug-likeness (QED) is 0.687. The molecule has 0 atom stereocenters. The fraction of sp³-hybridized carbons (Fsp3) is 0.833. The lowest BCUT2D eigenvalue weighted by Crippen LogP contribution is -2.57. The average Bonchev–Trinajstić information content (AvgIpc) is 2.20. The maximum Gasteiger partial charge on any atom is 0.315 e. The molecule has 0 aliphatic heterocycles. The second-order valence-electron chi connectivity index (χ2n) is 5.48. The second-order valence-corrected chi connectivity index (χ2v) is 5.48. The van der Waals surface area contributed by atoms with Gasteiger partial charge in [0.15, 0.2) is 0 Å². The van der Waals surface area contributed by atoms with Crippen molar-refractivity contribution in [3.05, 3.63) is 0 Å². The Hall–Kier alpha value is -1.26. The number of hydrogen-bond acceptors (Lipinski definition) is 2. The lowest BCUT2D eigenvalue weighted by molar-refractivity contribution is -0.146. The van der Waals surface area contributed by atoms with Crippen molar-refractivity contribution >= 4 is 12.0 Å². The third-order valence-electron chi connectivity index (χ3n) is 3.64. The van der Waals surface area contributed by atoms with E-state index in [2.05, 4.69) is 17.6 Å². The summed E-state index contributed by atoms with van der Waals surface area (Å²) in [5.74, 6) is -0.911. The van der Waals surface area contributed by atoms with Gasteiger partial charge in [-0.2, -0.15) is 0 Å². The van der Waals surface area contributed by atoms with Crippen molar-refractivity contribution < 1.29 is 14.7 Å². The number of carboxylic acids is 1. The fourth-order valence-electron chi connectivity index (χ4n) is 1.83. The zero-order valence-electron chi connectivity index (χ0n) is 10.8. The smallest absolute Gasteiger partial charge is 0.315 e. The van der Waals surface area contributed by atoms with Gasteiger partial charge in [-0.15, -0.1) is 0 Å². The van der Waals surface area contributed by atoms with E-state index in [0.717, 1.165) is 25.7 Å². The molecule has 98 valence electrons. The van der Waals surface area contributed by atoms with Crippen molar-refractivity contribution in [2.75, 3.05) is 6.54 Å². The van der Waals surface area contributed by atoms with Crippen molar-refractivity contribution in [1.29, 1.82) is 0 Å². The van der Waals surface area contributed by atoms with E-state index in [4.69, 9.17) is 5.11 Å². The lowest BCUT2D eigenvalue weighted by Gasteiger charge is -2.42. The van der Waals surface area contributed by atoms with Crippen LogP contribution in [0.2, 0.25) is 0 Å². The van der Waals surface area contributed by atoms with Crippen LogP contribution in [0, 0.1) is 5.41 Å². The van der Waals surface area contributed by atoms with Gasteiger partial charge in [0.2, 0.25) is 0 Å². The first-order valence-electron chi connectivity index (χ1n) is 6.11. The Labute approximate surface area is 102 Å². The maximum absolute atomic E-state index is 11.7. The van der Waals surface area contributed by atoms with Crippen LogP contribution in [0.25, 0.3) is 0 Å². The van der Waals surface area contributed by atoms with Crippen molar-refractivity contribution in [2.24, 2.45) is 5.41 Å². The summed E-state index contributed by atoms with van der Waals surface area (Å²) in [4.78, 5) is 22.5. The summed E-state index contributed by atoms with van der Waals surface area (Å²) in [5.41, 5.74) is -0.992. The monoisotopic (exact) mass is 242 g/mol. The molecule has 17 heavy (non-hydrogen) atoms. The first-order chi connectivity index (χ1) is 7.81. The summed E-state index contributed by atoms with van der Waals surface area (Å²) >= 11 is 0. The molecule has 0 aromatic carbocycles. The van der Waals surface area contributed by atoms with Crippen LogP contribution in [0.5, 0.6) is 0 Å². The highest BCUT2D eigenvalue weighted by Crippen LogP contribution is 2.34. The normalized spacial score (nSPS) is 18.1. The Morgan fingerprint density at radius 1 is 1.35 bits per heavy atom. The molecule has 2 amide bonds. The number of amides is 2. The molecule has 1 saturated carbocycles. The van der Waals surface area contributed by atoms with Gasteiger partial charge in [0.1, 0.15) is 0 Å². The molecule has 0 spiro atoms. The first kappa shape index (κ1) is 13.8. The van der Waals surface area contributed by atoms with Gasteiger partial charge < -0.3 is 15.7 Å². The fourth-order valence-corrected chi connectivity index (χ4v) is 1.83. The molecule has 1 fully saturated rings. The predicted octanol–water partition coefficient (Wildman–Crippen LogP) is 1.73. The van der Waals surface area contributed by atoms with Crippen molar-refractivity contribution in [1.82, 2.24) is 10.6 Å². The van der Waals surface area contributed by atoms with Crippen LogP contribution in [0.4, 0.5) is 4.79 Å². The van der Waals surface area contributed by atoms with E-state index in [0.29, 0.717) is 0 Å². The summed E-state index contributed by atoms with van der Waals surface area (Å²) in [5, 5.41) is 14.5. The van der Waals surface area contributed by atoms with Crippen molar-refractivity contribution in [3.63, 3.8) is 0 Å². The Morgan fingerprint density at radius 3 is 2.29 bits per heavy atom. The minimum Gasteiger partial charge on any atom is -0.481 e. The molecule has 0 heterocycles. The third-order valence-corrected chi connectivity index (χ3v) is 3.64. The van der Waals surface area contributed by atoms with Crippen LogP contribution >= 0.6 is 0 Å². The van der Waals surface area contributed by atoms with E-state index in [9.17, 15) is 9.59 Å². The number of aliphatic carboxylic acids is 1. The summed E-state index contributed by atoms with van der Waals surface area (Å²) in [6.45, 7) is 5.37. The van der Waals surface area contributed by atoms with Crippen molar-refractivity contribution in [2.45, 2.75) is 52.0 Å². The average molecular weight is 242 g/mol. The topological polar surface area (TPSA) is 78.4 Å². The van der Waals surface area contributed by atoms with Gasteiger partial charge in [0.25, 0.3) is 0 Å². The first-order valence-corrected chi connectivity index (χ1v) is 6.11. The van der Waals surface area contributed by atoms with Gasteiger partial charge in [0.05, 0.1) is 5.41 Å². The van der Waals surface area contributed by atoms with Crippen LogP contribution in [0.15, 0.2) is 0 Å². The Kier molecular flexibility index (Phi) is 4.01. The molecule has 1 rings (SSSR count). The van der Waals surface area contributed by atoms with Gasteiger partial charge in [-0.3, -0.25) is 4.79 Å². The van der Waals surface area contributed by atoms with Crippen LogP contribution < -0.4 is 10.6 Å².